The van der Waals surface area contributed by atoms with Crippen LogP contribution in [-0.2, 0) is 0 Å². The largest absolute Gasteiger partial charge is 0.450 e. The van der Waals surface area contributed by atoms with E-state index in [-0.39, 0.29) is 17.5 Å². The van der Waals surface area contributed by atoms with E-state index < -0.39 is 4.92 Å². The molecule has 0 aromatic heterocycles. The summed E-state index contributed by atoms with van der Waals surface area (Å²) in [5, 5.41) is 14.5. The van der Waals surface area contributed by atoms with E-state index in [1.807, 2.05) is 32.2 Å². The molecule has 1 atom stereocenters. The van der Waals surface area contributed by atoms with Gasteiger partial charge in [0.15, 0.2) is 0 Å². The Morgan fingerprint density at radius 1 is 1.29 bits per heavy atom. The first-order chi connectivity index (χ1) is 10.0. The zero-order valence-electron chi connectivity index (χ0n) is 11.7. The summed E-state index contributed by atoms with van der Waals surface area (Å²) in [6.07, 6.45) is 0. The average molecular weight is 307 g/mol. The lowest BCUT2D eigenvalue weighted by Crippen LogP contribution is -2.12. The zero-order chi connectivity index (χ0) is 15.4. The Kier molecular flexibility index (Phi) is 4.77. The molecule has 0 aliphatic heterocycles. The highest BCUT2D eigenvalue weighted by atomic mass is 35.5. The third kappa shape index (κ3) is 3.71. The molecular formula is C15H15ClN2O3. The summed E-state index contributed by atoms with van der Waals surface area (Å²) in [6, 6.07) is 11.8. The Labute approximate surface area is 127 Å². The molecule has 2 rings (SSSR count). The van der Waals surface area contributed by atoms with Gasteiger partial charge in [-0.1, -0.05) is 23.7 Å². The van der Waals surface area contributed by atoms with Crippen LogP contribution in [0.15, 0.2) is 42.5 Å². The van der Waals surface area contributed by atoms with Gasteiger partial charge in [-0.05, 0) is 37.7 Å². The van der Waals surface area contributed by atoms with Gasteiger partial charge in [-0.3, -0.25) is 10.1 Å². The average Bonchev–Trinajstić information content (AvgIpc) is 2.46. The molecule has 5 nitrogen and oxygen atoms in total. The van der Waals surface area contributed by atoms with E-state index in [0.29, 0.717) is 10.8 Å². The molecule has 0 radical (unpaired) electrons. The van der Waals surface area contributed by atoms with Crippen molar-refractivity contribution < 1.29 is 9.66 Å². The molecule has 21 heavy (non-hydrogen) atoms. The number of hydrogen-bond acceptors (Lipinski definition) is 4. The van der Waals surface area contributed by atoms with Crippen molar-refractivity contribution in [1.29, 1.82) is 0 Å². The van der Waals surface area contributed by atoms with Gasteiger partial charge < -0.3 is 10.1 Å². The van der Waals surface area contributed by atoms with Gasteiger partial charge in [0, 0.05) is 23.2 Å². The Morgan fingerprint density at radius 2 is 2.05 bits per heavy atom. The van der Waals surface area contributed by atoms with Gasteiger partial charge in [0.1, 0.15) is 5.75 Å². The number of halogens is 1. The number of nitrogens with one attached hydrogen (secondary N) is 1. The summed E-state index contributed by atoms with van der Waals surface area (Å²) in [5.74, 6) is 0.654. The van der Waals surface area contributed by atoms with E-state index in [4.69, 9.17) is 16.3 Å². The number of rotatable bonds is 5. The Bertz CT molecular complexity index is 661. The van der Waals surface area contributed by atoms with Gasteiger partial charge in [-0.2, -0.15) is 0 Å². The predicted molar refractivity (Wildman–Crippen MR) is 82.1 cm³/mol. The molecule has 0 saturated heterocycles. The summed E-state index contributed by atoms with van der Waals surface area (Å²) >= 11 is 5.88. The molecule has 2 aromatic rings. The zero-order valence-corrected chi connectivity index (χ0v) is 12.4. The van der Waals surface area contributed by atoms with Crippen molar-refractivity contribution in [2.24, 2.45) is 0 Å². The number of hydrogen-bond donors (Lipinski definition) is 1. The van der Waals surface area contributed by atoms with E-state index in [0.717, 1.165) is 5.56 Å². The highest BCUT2D eigenvalue weighted by Crippen LogP contribution is 2.34. The highest BCUT2D eigenvalue weighted by Gasteiger charge is 2.16. The fourth-order valence-electron chi connectivity index (χ4n) is 1.86. The summed E-state index contributed by atoms with van der Waals surface area (Å²) < 4.78 is 5.63. The molecule has 0 aliphatic carbocycles. The molecule has 110 valence electrons. The fourth-order valence-corrected chi connectivity index (χ4v) is 2.02. The molecule has 2 aromatic carbocycles. The molecule has 0 heterocycles. The standard InChI is InChI=1S/C15H15ClN2O3/c1-10(17-2)11-4-3-5-13(8-11)21-15-9-12(16)6-7-14(15)18(19)20/h3-10,17H,1-2H3. The van der Waals surface area contributed by atoms with Crippen molar-refractivity contribution in [2.75, 3.05) is 7.05 Å². The van der Waals surface area contributed by atoms with Crippen molar-refractivity contribution in [1.82, 2.24) is 5.32 Å². The second kappa shape index (κ2) is 6.56. The maximum absolute atomic E-state index is 11.0. The second-order valence-corrected chi connectivity index (χ2v) is 4.99. The number of nitrogens with zero attached hydrogens (tertiary/aromatic N) is 1. The molecule has 6 heteroatoms. The highest BCUT2D eigenvalue weighted by molar-refractivity contribution is 6.30. The van der Waals surface area contributed by atoms with Crippen molar-refractivity contribution in [3.8, 4) is 11.5 Å². The molecule has 0 saturated carbocycles. The third-order valence-electron chi connectivity index (χ3n) is 3.14. The lowest BCUT2D eigenvalue weighted by Gasteiger charge is -2.12. The minimum atomic E-state index is -0.494. The van der Waals surface area contributed by atoms with Gasteiger partial charge in [0.05, 0.1) is 4.92 Å². The van der Waals surface area contributed by atoms with Gasteiger partial charge in [-0.25, -0.2) is 0 Å². The first-order valence-electron chi connectivity index (χ1n) is 6.40. The van der Waals surface area contributed by atoms with Crippen molar-refractivity contribution in [3.05, 3.63) is 63.2 Å². The van der Waals surface area contributed by atoms with Gasteiger partial charge in [-0.15, -0.1) is 0 Å². The summed E-state index contributed by atoms with van der Waals surface area (Å²) in [4.78, 5) is 10.5. The van der Waals surface area contributed by atoms with Crippen LogP contribution in [0.3, 0.4) is 0 Å². The smallest absolute Gasteiger partial charge is 0.311 e. The predicted octanol–water partition coefficient (Wildman–Crippen LogP) is 4.32. The lowest BCUT2D eigenvalue weighted by atomic mass is 10.1. The Hall–Kier alpha value is -2.11. The van der Waals surface area contributed by atoms with E-state index in [1.54, 1.807) is 6.07 Å². The van der Waals surface area contributed by atoms with Crippen LogP contribution >= 0.6 is 11.6 Å². The first kappa shape index (κ1) is 15.3. The van der Waals surface area contributed by atoms with Crippen LogP contribution < -0.4 is 10.1 Å². The fraction of sp³-hybridized carbons (Fsp3) is 0.200. The molecule has 0 bridgehead atoms. The Morgan fingerprint density at radius 3 is 2.71 bits per heavy atom. The van der Waals surface area contributed by atoms with Gasteiger partial charge in [0.2, 0.25) is 5.75 Å². The third-order valence-corrected chi connectivity index (χ3v) is 3.37. The van der Waals surface area contributed by atoms with Crippen LogP contribution in [0.25, 0.3) is 0 Å². The number of nitro groups is 1. The van der Waals surface area contributed by atoms with Crippen LogP contribution in [0.5, 0.6) is 11.5 Å². The SMILES string of the molecule is CNC(C)c1cccc(Oc2cc(Cl)ccc2[N+](=O)[O-])c1. The van der Waals surface area contributed by atoms with Crippen molar-refractivity contribution in [2.45, 2.75) is 13.0 Å². The van der Waals surface area contributed by atoms with Crippen LogP contribution in [0.4, 0.5) is 5.69 Å². The summed E-state index contributed by atoms with van der Waals surface area (Å²) in [6.45, 7) is 2.01. The molecule has 0 fully saturated rings. The van der Waals surface area contributed by atoms with Gasteiger partial charge in [0.25, 0.3) is 0 Å². The summed E-state index contributed by atoms with van der Waals surface area (Å²) in [7, 11) is 1.86. The molecule has 0 spiro atoms. The Balaban J connectivity index is 2.34. The number of benzene rings is 2. The van der Waals surface area contributed by atoms with Crippen molar-refractivity contribution >= 4 is 17.3 Å². The summed E-state index contributed by atoms with van der Waals surface area (Å²) in [5.41, 5.74) is 0.908. The quantitative estimate of drug-likeness (QED) is 0.660. The minimum absolute atomic E-state index is 0.119. The maximum Gasteiger partial charge on any atom is 0.311 e. The van der Waals surface area contributed by atoms with Gasteiger partial charge >= 0.3 is 5.69 Å². The normalized spacial score (nSPS) is 12.0. The number of nitro benzene ring substituents is 1. The second-order valence-electron chi connectivity index (χ2n) is 4.55. The van der Waals surface area contributed by atoms with Crippen LogP contribution in [0, 0.1) is 10.1 Å². The van der Waals surface area contributed by atoms with E-state index in [2.05, 4.69) is 5.32 Å². The van der Waals surface area contributed by atoms with Crippen LogP contribution in [-0.4, -0.2) is 12.0 Å². The topological polar surface area (TPSA) is 64.4 Å². The molecule has 1 N–H and O–H groups in total. The van der Waals surface area contributed by atoms with Crippen LogP contribution in [0.2, 0.25) is 5.02 Å². The number of ether oxygens (including phenoxy) is 1. The molecule has 0 amide bonds. The lowest BCUT2D eigenvalue weighted by molar-refractivity contribution is -0.385. The molecule has 0 aliphatic rings. The van der Waals surface area contributed by atoms with E-state index in [9.17, 15) is 10.1 Å². The molecule has 1 unspecified atom stereocenters. The minimum Gasteiger partial charge on any atom is -0.450 e. The monoisotopic (exact) mass is 306 g/mol. The molecular weight excluding hydrogens is 292 g/mol. The van der Waals surface area contributed by atoms with E-state index >= 15 is 0 Å². The van der Waals surface area contributed by atoms with Crippen molar-refractivity contribution in [3.63, 3.8) is 0 Å². The van der Waals surface area contributed by atoms with E-state index in [1.165, 1.54) is 18.2 Å². The van der Waals surface area contributed by atoms with Crippen LogP contribution in [0.1, 0.15) is 18.5 Å². The first-order valence-corrected chi connectivity index (χ1v) is 6.78. The maximum atomic E-state index is 11.0.